The van der Waals surface area contributed by atoms with E-state index in [2.05, 4.69) is 39.8 Å². The van der Waals surface area contributed by atoms with Crippen LogP contribution in [0.15, 0.2) is 36.4 Å². The van der Waals surface area contributed by atoms with E-state index in [1.54, 1.807) is 0 Å². The van der Waals surface area contributed by atoms with Crippen LogP contribution in [-0.4, -0.2) is 52.9 Å². The molecular weight excluding hydrogens is 408 g/mol. The standard InChI is InChI=1S/C26H36O6/c1-19(2)21-5-7-23-25(17-21)31-15-11-27-10-14-30-24-8-6-22(20(3)4)18-26(24)32-16-12-28-9-13-29-23/h5-8,17-20H,9-16H2,1-4H3. The lowest BCUT2D eigenvalue weighted by molar-refractivity contribution is 0.0639. The maximum absolute atomic E-state index is 5.96. The summed E-state index contributed by atoms with van der Waals surface area (Å²) in [5, 5.41) is 0. The molecule has 2 aromatic carbocycles. The predicted molar refractivity (Wildman–Crippen MR) is 125 cm³/mol. The van der Waals surface area contributed by atoms with Crippen molar-refractivity contribution in [2.24, 2.45) is 0 Å². The molecule has 176 valence electrons. The molecule has 0 saturated carbocycles. The molecule has 1 heterocycles. The lowest BCUT2D eigenvalue weighted by Crippen LogP contribution is -2.15. The maximum atomic E-state index is 5.96. The van der Waals surface area contributed by atoms with Gasteiger partial charge in [0.2, 0.25) is 0 Å². The molecule has 0 atom stereocenters. The highest BCUT2D eigenvalue weighted by Gasteiger charge is 2.11. The van der Waals surface area contributed by atoms with Crippen molar-refractivity contribution in [2.45, 2.75) is 39.5 Å². The minimum atomic E-state index is 0.410. The van der Waals surface area contributed by atoms with Crippen LogP contribution in [-0.2, 0) is 9.47 Å². The summed E-state index contributed by atoms with van der Waals surface area (Å²) >= 11 is 0. The highest BCUT2D eigenvalue weighted by molar-refractivity contribution is 5.44. The van der Waals surface area contributed by atoms with Gasteiger partial charge in [-0.05, 0) is 47.2 Å². The molecule has 0 aromatic heterocycles. The molecule has 1 aliphatic heterocycles. The first-order valence-electron chi connectivity index (χ1n) is 11.5. The molecule has 0 saturated heterocycles. The van der Waals surface area contributed by atoms with Crippen LogP contribution in [0.5, 0.6) is 23.0 Å². The zero-order chi connectivity index (χ0) is 22.8. The second kappa shape index (κ2) is 12.6. The minimum absolute atomic E-state index is 0.410. The molecule has 6 heteroatoms. The number of hydrogen-bond acceptors (Lipinski definition) is 6. The zero-order valence-corrected chi connectivity index (χ0v) is 19.7. The van der Waals surface area contributed by atoms with Gasteiger partial charge in [0.05, 0.1) is 26.4 Å². The molecule has 0 amide bonds. The van der Waals surface area contributed by atoms with E-state index in [0.717, 1.165) is 11.5 Å². The second-order valence-corrected chi connectivity index (χ2v) is 8.34. The number of hydrogen-bond donors (Lipinski definition) is 0. The van der Waals surface area contributed by atoms with Gasteiger partial charge in [-0.15, -0.1) is 0 Å². The largest absolute Gasteiger partial charge is 0.487 e. The van der Waals surface area contributed by atoms with Gasteiger partial charge in [-0.25, -0.2) is 0 Å². The molecule has 6 nitrogen and oxygen atoms in total. The van der Waals surface area contributed by atoms with E-state index in [-0.39, 0.29) is 0 Å². The smallest absolute Gasteiger partial charge is 0.161 e. The van der Waals surface area contributed by atoms with Gasteiger partial charge in [0.15, 0.2) is 23.0 Å². The minimum Gasteiger partial charge on any atom is -0.487 e. The first-order chi connectivity index (χ1) is 15.5. The van der Waals surface area contributed by atoms with Crippen molar-refractivity contribution in [1.29, 1.82) is 0 Å². The first-order valence-corrected chi connectivity index (χ1v) is 11.5. The van der Waals surface area contributed by atoms with Crippen LogP contribution in [0.25, 0.3) is 0 Å². The van der Waals surface area contributed by atoms with E-state index in [9.17, 15) is 0 Å². The SMILES string of the molecule is CC(C)c1ccc2c(c1)OCCOCCOc1ccc(C(C)C)cc1OCCOCCO2. The third kappa shape index (κ3) is 7.31. The van der Waals surface area contributed by atoms with Crippen molar-refractivity contribution in [3.8, 4) is 23.0 Å². The second-order valence-electron chi connectivity index (χ2n) is 8.34. The van der Waals surface area contributed by atoms with Gasteiger partial charge >= 0.3 is 0 Å². The molecule has 0 fully saturated rings. The lowest BCUT2D eigenvalue weighted by atomic mass is 10.0. The van der Waals surface area contributed by atoms with Crippen LogP contribution in [0, 0.1) is 0 Å². The van der Waals surface area contributed by atoms with Gasteiger partial charge in [0, 0.05) is 0 Å². The van der Waals surface area contributed by atoms with Crippen molar-refractivity contribution in [2.75, 3.05) is 52.9 Å². The van der Waals surface area contributed by atoms with Gasteiger partial charge in [0.1, 0.15) is 26.4 Å². The van der Waals surface area contributed by atoms with Gasteiger partial charge < -0.3 is 28.4 Å². The highest BCUT2D eigenvalue weighted by Crippen LogP contribution is 2.32. The molecule has 0 N–H and O–H groups in total. The Bertz CT molecular complexity index is 764. The summed E-state index contributed by atoms with van der Waals surface area (Å²) in [6.07, 6.45) is 0. The average Bonchev–Trinajstić information content (AvgIpc) is 2.78. The van der Waals surface area contributed by atoms with Crippen LogP contribution in [0.4, 0.5) is 0 Å². The Kier molecular flexibility index (Phi) is 9.50. The number of fused-ring (bicyclic) bond motifs is 2. The number of benzene rings is 2. The third-order valence-electron chi connectivity index (χ3n) is 5.21. The fourth-order valence-corrected chi connectivity index (χ4v) is 3.28. The Morgan fingerprint density at radius 1 is 0.469 bits per heavy atom. The van der Waals surface area contributed by atoms with Crippen LogP contribution in [0.1, 0.15) is 50.7 Å². The number of rotatable bonds is 2. The molecule has 0 spiro atoms. The summed E-state index contributed by atoms with van der Waals surface area (Å²) in [7, 11) is 0. The van der Waals surface area contributed by atoms with Gasteiger partial charge in [0.25, 0.3) is 0 Å². The Morgan fingerprint density at radius 2 is 0.812 bits per heavy atom. The van der Waals surface area contributed by atoms with Crippen molar-refractivity contribution in [3.05, 3.63) is 47.5 Å². The molecule has 2 aromatic rings. The average molecular weight is 445 g/mol. The summed E-state index contributed by atoms with van der Waals surface area (Å²) in [5.74, 6) is 3.72. The van der Waals surface area contributed by atoms with E-state index < -0.39 is 0 Å². The fraction of sp³-hybridized carbons (Fsp3) is 0.538. The molecule has 32 heavy (non-hydrogen) atoms. The summed E-state index contributed by atoms with van der Waals surface area (Å²) in [6.45, 7) is 12.2. The molecule has 0 aliphatic carbocycles. The molecule has 1 aliphatic rings. The van der Waals surface area contributed by atoms with E-state index in [1.807, 2.05) is 24.3 Å². The summed E-state index contributed by atoms with van der Waals surface area (Å²) < 4.78 is 35.2. The number of ether oxygens (including phenoxy) is 6. The van der Waals surface area contributed by atoms with Crippen molar-refractivity contribution < 1.29 is 28.4 Å². The van der Waals surface area contributed by atoms with Crippen LogP contribution in [0.2, 0.25) is 0 Å². The predicted octanol–water partition coefficient (Wildman–Crippen LogP) is 5.20. The molecular formula is C26H36O6. The van der Waals surface area contributed by atoms with Crippen LogP contribution in [0.3, 0.4) is 0 Å². The van der Waals surface area contributed by atoms with Crippen molar-refractivity contribution in [1.82, 2.24) is 0 Å². The van der Waals surface area contributed by atoms with E-state index in [1.165, 1.54) is 11.1 Å². The van der Waals surface area contributed by atoms with Crippen molar-refractivity contribution in [3.63, 3.8) is 0 Å². The van der Waals surface area contributed by atoms with Gasteiger partial charge in [-0.1, -0.05) is 39.8 Å². The lowest BCUT2D eigenvalue weighted by Gasteiger charge is -2.17. The van der Waals surface area contributed by atoms with Crippen LogP contribution < -0.4 is 18.9 Å². The van der Waals surface area contributed by atoms with Crippen LogP contribution >= 0.6 is 0 Å². The zero-order valence-electron chi connectivity index (χ0n) is 19.7. The first kappa shape index (κ1) is 24.2. The monoisotopic (exact) mass is 444 g/mol. The Balaban J connectivity index is 1.63. The molecule has 0 bridgehead atoms. The Morgan fingerprint density at radius 3 is 1.16 bits per heavy atom. The molecule has 0 unspecified atom stereocenters. The molecule has 0 radical (unpaired) electrons. The van der Waals surface area contributed by atoms with Crippen molar-refractivity contribution >= 4 is 0 Å². The quantitative estimate of drug-likeness (QED) is 0.635. The Labute approximate surface area is 191 Å². The van der Waals surface area contributed by atoms with E-state index in [0.29, 0.717) is 76.2 Å². The van der Waals surface area contributed by atoms with Gasteiger partial charge in [-0.3, -0.25) is 0 Å². The maximum Gasteiger partial charge on any atom is 0.161 e. The molecule has 3 rings (SSSR count). The summed E-state index contributed by atoms with van der Waals surface area (Å²) in [4.78, 5) is 0. The normalized spacial score (nSPS) is 16.4. The summed E-state index contributed by atoms with van der Waals surface area (Å²) in [5.41, 5.74) is 2.41. The van der Waals surface area contributed by atoms with E-state index in [4.69, 9.17) is 28.4 Å². The Hall–Kier alpha value is -2.44. The fourth-order valence-electron chi connectivity index (χ4n) is 3.28. The van der Waals surface area contributed by atoms with Gasteiger partial charge in [-0.2, -0.15) is 0 Å². The third-order valence-corrected chi connectivity index (χ3v) is 5.21. The summed E-state index contributed by atoms with van der Waals surface area (Å²) in [6, 6.07) is 12.2. The highest BCUT2D eigenvalue weighted by atomic mass is 16.6. The van der Waals surface area contributed by atoms with E-state index >= 15 is 0 Å². The topological polar surface area (TPSA) is 55.4 Å².